The molecule has 0 heterocycles. The van der Waals surface area contributed by atoms with Gasteiger partial charge in [0.25, 0.3) is 0 Å². The van der Waals surface area contributed by atoms with Crippen molar-refractivity contribution in [2.75, 3.05) is 46.8 Å². The Hall–Kier alpha value is -1.26. The van der Waals surface area contributed by atoms with E-state index in [1.165, 1.54) is 0 Å². The average molecular weight is 298 g/mol. The first-order valence-corrected chi connectivity index (χ1v) is 5.84. The van der Waals surface area contributed by atoms with Gasteiger partial charge >= 0.3 is 11.9 Å². The van der Waals surface area contributed by atoms with Crippen molar-refractivity contribution >= 4 is 11.9 Å². The van der Waals surface area contributed by atoms with Crippen LogP contribution in [0.15, 0.2) is 0 Å². The minimum absolute atomic E-state index is 0.0417. The standard InChI is InChI=1S/C6H14O4.C5H8O5/c7-1-3-9-5-6-10-4-2-8;1-10-3(5(8)9)2-4(6)7/h7-8H,1-6H2;3H,2H2,1H3,(H,6,7)(H,8,9). The number of aliphatic hydroxyl groups excluding tert-OH is 2. The van der Waals surface area contributed by atoms with E-state index in [0.717, 1.165) is 7.11 Å². The van der Waals surface area contributed by atoms with Gasteiger partial charge in [-0.15, -0.1) is 0 Å². The van der Waals surface area contributed by atoms with Crippen molar-refractivity contribution in [3.05, 3.63) is 0 Å². The lowest BCUT2D eigenvalue weighted by Crippen LogP contribution is -2.25. The molecule has 0 aromatic heterocycles. The SMILES string of the molecule is COC(CC(=O)O)C(=O)O.OCCOCCOCCO. The van der Waals surface area contributed by atoms with Gasteiger partial charge in [0, 0.05) is 7.11 Å². The van der Waals surface area contributed by atoms with E-state index in [4.69, 9.17) is 29.9 Å². The highest BCUT2D eigenvalue weighted by Crippen LogP contribution is 1.95. The van der Waals surface area contributed by atoms with Crippen LogP contribution in [-0.4, -0.2) is 85.2 Å². The molecule has 0 aliphatic heterocycles. The predicted octanol–water partition coefficient (Wildman–Crippen LogP) is -1.44. The molecule has 0 rings (SSSR count). The molecule has 9 heteroatoms. The second-order valence-electron chi connectivity index (χ2n) is 3.33. The second kappa shape index (κ2) is 15.8. The van der Waals surface area contributed by atoms with Crippen molar-refractivity contribution in [1.29, 1.82) is 0 Å². The second-order valence-corrected chi connectivity index (χ2v) is 3.33. The van der Waals surface area contributed by atoms with Crippen molar-refractivity contribution in [2.24, 2.45) is 0 Å². The Labute approximate surface area is 116 Å². The fraction of sp³-hybridized carbons (Fsp3) is 0.818. The van der Waals surface area contributed by atoms with Gasteiger partial charge in [-0.25, -0.2) is 4.79 Å². The normalized spacial score (nSPS) is 11.3. The summed E-state index contributed by atoms with van der Waals surface area (Å²) in [7, 11) is 1.15. The molecule has 0 fully saturated rings. The number of ether oxygens (including phenoxy) is 3. The maximum absolute atomic E-state index is 10.1. The Bertz CT molecular complexity index is 236. The van der Waals surface area contributed by atoms with Crippen LogP contribution in [0.3, 0.4) is 0 Å². The van der Waals surface area contributed by atoms with Crippen molar-refractivity contribution in [3.63, 3.8) is 0 Å². The molecule has 1 atom stereocenters. The molecule has 0 aliphatic carbocycles. The molecular weight excluding hydrogens is 276 g/mol. The highest BCUT2D eigenvalue weighted by molar-refractivity contribution is 5.79. The van der Waals surface area contributed by atoms with Gasteiger partial charge in [-0.3, -0.25) is 4.79 Å². The summed E-state index contributed by atoms with van der Waals surface area (Å²) in [5, 5.41) is 32.9. The molecule has 4 N–H and O–H groups in total. The summed E-state index contributed by atoms with van der Waals surface area (Å²) in [6.07, 6.45) is -1.75. The van der Waals surface area contributed by atoms with E-state index < -0.39 is 24.5 Å². The number of rotatable bonds is 11. The maximum atomic E-state index is 10.1. The van der Waals surface area contributed by atoms with Crippen LogP contribution in [0, 0.1) is 0 Å². The number of aliphatic carboxylic acids is 2. The van der Waals surface area contributed by atoms with Gasteiger partial charge in [-0.2, -0.15) is 0 Å². The predicted molar refractivity (Wildman–Crippen MR) is 66.5 cm³/mol. The maximum Gasteiger partial charge on any atom is 0.333 e. The van der Waals surface area contributed by atoms with Crippen LogP contribution in [0.4, 0.5) is 0 Å². The number of hydrogen-bond acceptors (Lipinski definition) is 7. The van der Waals surface area contributed by atoms with E-state index >= 15 is 0 Å². The lowest BCUT2D eigenvalue weighted by molar-refractivity contribution is -0.154. The van der Waals surface area contributed by atoms with E-state index in [1.807, 2.05) is 0 Å². The van der Waals surface area contributed by atoms with Gasteiger partial charge in [0.05, 0.1) is 46.1 Å². The molecule has 0 radical (unpaired) electrons. The molecule has 0 aliphatic rings. The van der Waals surface area contributed by atoms with Crippen molar-refractivity contribution in [2.45, 2.75) is 12.5 Å². The monoisotopic (exact) mass is 298 g/mol. The molecule has 0 amide bonds. The van der Waals surface area contributed by atoms with Crippen LogP contribution in [0.2, 0.25) is 0 Å². The highest BCUT2D eigenvalue weighted by atomic mass is 16.5. The molecule has 120 valence electrons. The summed E-state index contributed by atoms with van der Waals surface area (Å²) >= 11 is 0. The number of carbonyl (C=O) groups is 2. The minimum Gasteiger partial charge on any atom is -0.481 e. The van der Waals surface area contributed by atoms with Gasteiger partial charge in [0.1, 0.15) is 0 Å². The zero-order chi connectivity index (χ0) is 15.8. The molecule has 0 aromatic rings. The summed E-state index contributed by atoms with van der Waals surface area (Å²) in [6.45, 7) is 1.73. The third-order valence-corrected chi connectivity index (χ3v) is 1.76. The summed E-state index contributed by atoms with van der Waals surface area (Å²) in [6, 6.07) is 0. The Kier molecular flexibility index (Phi) is 16.6. The number of methoxy groups -OCH3 is 1. The quantitative estimate of drug-likeness (QED) is 0.337. The van der Waals surface area contributed by atoms with Crippen molar-refractivity contribution < 1.29 is 44.2 Å². The van der Waals surface area contributed by atoms with Gasteiger partial charge < -0.3 is 34.6 Å². The smallest absolute Gasteiger partial charge is 0.333 e. The molecule has 20 heavy (non-hydrogen) atoms. The molecule has 0 spiro atoms. The molecular formula is C11H22O9. The van der Waals surface area contributed by atoms with Gasteiger partial charge in [0.2, 0.25) is 0 Å². The average Bonchev–Trinajstić information content (AvgIpc) is 2.40. The van der Waals surface area contributed by atoms with E-state index in [0.29, 0.717) is 26.4 Å². The summed E-state index contributed by atoms with van der Waals surface area (Å²) in [5.74, 6) is -2.45. The number of carboxylic acids is 2. The summed E-state index contributed by atoms with van der Waals surface area (Å²) in [5.41, 5.74) is 0. The summed E-state index contributed by atoms with van der Waals surface area (Å²) in [4.78, 5) is 20.0. The lowest BCUT2D eigenvalue weighted by atomic mass is 10.2. The van der Waals surface area contributed by atoms with Crippen LogP contribution < -0.4 is 0 Å². The fourth-order valence-corrected chi connectivity index (χ4v) is 0.881. The van der Waals surface area contributed by atoms with Crippen LogP contribution in [-0.2, 0) is 23.8 Å². The molecule has 0 saturated carbocycles. The van der Waals surface area contributed by atoms with E-state index in [-0.39, 0.29) is 13.2 Å². The van der Waals surface area contributed by atoms with E-state index in [1.54, 1.807) is 0 Å². The van der Waals surface area contributed by atoms with E-state index in [9.17, 15) is 9.59 Å². The third-order valence-electron chi connectivity index (χ3n) is 1.76. The van der Waals surface area contributed by atoms with Crippen LogP contribution in [0.25, 0.3) is 0 Å². The fourth-order valence-electron chi connectivity index (χ4n) is 0.881. The largest absolute Gasteiger partial charge is 0.481 e. The molecule has 1 unspecified atom stereocenters. The minimum atomic E-state index is -1.26. The number of hydrogen-bond donors (Lipinski definition) is 4. The highest BCUT2D eigenvalue weighted by Gasteiger charge is 2.19. The Morgan fingerprint density at radius 2 is 1.40 bits per heavy atom. The first-order chi connectivity index (χ1) is 9.49. The van der Waals surface area contributed by atoms with E-state index in [2.05, 4.69) is 4.74 Å². The van der Waals surface area contributed by atoms with Crippen LogP contribution >= 0.6 is 0 Å². The first-order valence-electron chi connectivity index (χ1n) is 5.84. The molecule has 0 saturated heterocycles. The van der Waals surface area contributed by atoms with Crippen LogP contribution in [0.1, 0.15) is 6.42 Å². The van der Waals surface area contributed by atoms with Gasteiger partial charge in [-0.05, 0) is 0 Å². The zero-order valence-corrected chi connectivity index (χ0v) is 11.4. The third kappa shape index (κ3) is 16.7. The molecule has 0 aromatic carbocycles. The number of aliphatic hydroxyl groups is 2. The number of carboxylic acid groups (broad SMARTS) is 2. The van der Waals surface area contributed by atoms with Gasteiger partial charge in [0.15, 0.2) is 6.10 Å². The topological polar surface area (TPSA) is 143 Å². The molecule has 9 nitrogen and oxygen atoms in total. The zero-order valence-electron chi connectivity index (χ0n) is 11.4. The van der Waals surface area contributed by atoms with Crippen molar-refractivity contribution in [1.82, 2.24) is 0 Å². The Balaban J connectivity index is 0. The van der Waals surface area contributed by atoms with Crippen molar-refractivity contribution in [3.8, 4) is 0 Å². The Morgan fingerprint density at radius 1 is 0.950 bits per heavy atom. The summed E-state index contributed by atoms with van der Waals surface area (Å²) < 4.78 is 14.1. The lowest BCUT2D eigenvalue weighted by Gasteiger charge is -2.05. The van der Waals surface area contributed by atoms with Crippen LogP contribution in [0.5, 0.6) is 0 Å². The Morgan fingerprint density at radius 3 is 1.60 bits per heavy atom. The molecule has 0 bridgehead atoms. The van der Waals surface area contributed by atoms with Gasteiger partial charge in [-0.1, -0.05) is 0 Å². The first kappa shape index (κ1) is 21.0.